The quantitative estimate of drug-likeness (QED) is 0.682. The predicted octanol–water partition coefficient (Wildman–Crippen LogP) is -0.0369. The van der Waals surface area contributed by atoms with Crippen LogP contribution < -0.4 is 11.1 Å². The van der Waals surface area contributed by atoms with Crippen LogP contribution in [-0.4, -0.2) is 34.7 Å². The van der Waals surface area contributed by atoms with Gasteiger partial charge in [-0.2, -0.15) is 0 Å². The van der Waals surface area contributed by atoms with Gasteiger partial charge in [0.1, 0.15) is 11.8 Å². The molecular weight excluding hydrogens is 220 g/mol. The second kappa shape index (κ2) is 4.93. The van der Waals surface area contributed by atoms with E-state index >= 15 is 0 Å². The predicted molar refractivity (Wildman–Crippen MR) is 54.2 cm³/mol. The van der Waals surface area contributed by atoms with Crippen LogP contribution >= 0.6 is 0 Å². The molecule has 1 atom stereocenters. The van der Waals surface area contributed by atoms with Gasteiger partial charge in [0.15, 0.2) is 0 Å². The number of amides is 1. The molecule has 0 saturated heterocycles. The van der Waals surface area contributed by atoms with E-state index in [-0.39, 0.29) is 5.69 Å². The molecule has 7 heteroatoms. The van der Waals surface area contributed by atoms with Crippen LogP contribution in [-0.2, 0) is 7.05 Å². The fourth-order valence-electron chi connectivity index (χ4n) is 1.19. The van der Waals surface area contributed by atoms with Crippen LogP contribution in [0.1, 0.15) is 10.5 Å². The van der Waals surface area contributed by atoms with Gasteiger partial charge in [0, 0.05) is 19.8 Å². The first-order chi connectivity index (χ1) is 7.41. The minimum Gasteiger partial charge on any atom is -0.397 e. The zero-order valence-corrected chi connectivity index (χ0v) is 8.65. The summed E-state index contributed by atoms with van der Waals surface area (Å²) in [5.41, 5.74) is 6.10. The number of carbonyl (C=O) groups excluding carboxylic acids is 1. The average molecular weight is 233 g/mol. The highest BCUT2D eigenvalue weighted by Crippen LogP contribution is 2.08. The normalized spacial score (nSPS) is 12.8. The first kappa shape index (κ1) is 12.4. The Balaban J connectivity index is 2.56. The molecule has 1 rings (SSSR count). The van der Waals surface area contributed by atoms with Gasteiger partial charge in [-0.3, -0.25) is 4.79 Å². The third kappa shape index (κ3) is 2.93. The van der Waals surface area contributed by atoms with Crippen molar-refractivity contribution in [1.82, 2.24) is 9.88 Å². The lowest BCUT2D eigenvalue weighted by atomic mass is 10.3. The highest BCUT2D eigenvalue weighted by molar-refractivity contribution is 5.93. The highest BCUT2D eigenvalue weighted by Gasteiger charge is 2.18. The van der Waals surface area contributed by atoms with Crippen LogP contribution in [0, 0.1) is 0 Å². The number of alkyl halides is 2. The molecule has 90 valence electrons. The van der Waals surface area contributed by atoms with E-state index in [0.29, 0.717) is 5.69 Å². The Labute approximate surface area is 90.9 Å². The molecule has 0 aromatic carbocycles. The standard InChI is InChI=1S/C9H13F2N3O2/c1-14-4-5(12)2-6(14)9(16)13-3-7(15)8(10)11/h2,4,7-8,15H,3,12H2,1H3,(H,13,16). The number of aliphatic hydroxyl groups is 1. The summed E-state index contributed by atoms with van der Waals surface area (Å²) in [5, 5.41) is 11.0. The van der Waals surface area contributed by atoms with E-state index in [9.17, 15) is 13.6 Å². The number of aryl methyl sites for hydroxylation is 1. The number of halogens is 2. The number of rotatable bonds is 4. The molecule has 0 radical (unpaired) electrons. The van der Waals surface area contributed by atoms with Crippen LogP contribution in [0.4, 0.5) is 14.5 Å². The second-order valence-corrected chi connectivity index (χ2v) is 3.38. The zero-order valence-electron chi connectivity index (χ0n) is 8.65. The molecule has 4 N–H and O–H groups in total. The summed E-state index contributed by atoms with van der Waals surface area (Å²) in [7, 11) is 1.61. The highest BCUT2D eigenvalue weighted by atomic mass is 19.3. The summed E-state index contributed by atoms with van der Waals surface area (Å²) in [6.45, 7) is -0.498. The third-order valence-corrected chi connectivity index (χ3v) is 2.02. The number of nitrogens with zero attached hydrogens (tertiary/aromatic N) is 1. The number of nitrogen functional groups attached to an aromatic ring is 1. The van der Waals surface area contributed by atoms with E-state index in [0.717, 1.165) is 0 Å². The van der Waals surface area contributed by atoms with Gasteiger partial charge in [-0.1, -0.05) is 0 Å². The second-order valence-electron chi connectivity index (χ2n) is 3.38. The molecule has 0 spiro atoms. The number of nitrogens with one attached hydrogen (secondary N) is 1. The Morgan fingerprint density at radius 3 is 2.75 bits per heavy atom. The smallest absolute Gasteiger partial charge is 0.268 e. The molecule has 0 bridgehead atoms. The number of carbonyl (C=O) groups is 1. The first-order valence-electron chi connectivity index (χ1n) is 4.58. The number of aliphatic hydroxyl groups excluding tert-OH is 1. The van der Waals surface area contributed by atoms with Crippen molar-refractivity contribution in [3.63, 3.8) is 0 Å². The number of nitrogens with two attached hydrogens (primary N) is 1. The molecule has 1 aromatic heterocycles. The maximum absolute atomic E-state index is 11.9. The molecule has 16 heavy (non-hydrogen) atoms. The van der Waals surface area contributed by atoms with Crippen molar-refractivity contribution in [2.45, 2.75) is 12.5 Å². The molecule has 1 amide bonds. The van der Waals surface area contributed by atoms with Crippen molar-refractivity contribution in [3.8, 4) is 0 Å². The topological polar surface area (TPSA) is 80.3 Å². The maximum Gasteiger partial charge on any atom is 0.268 e. The molecule has 1 unspecified atom stereocenters. The van der Waals surface area contributed by atoms with Crippen molar-refractivity contribution < 1.29 is 18.7 Å². The Hall–Kier alpha value is -1.63. The molecule has 1 aromatic rings. The SMILES string of the molecule is Cn1cc(N)cc1C(=O)NCC(O)C(F)F. The molecule has 0 fully saturated rings. The van der Waals surface area contributed by atoms with Crippen molar-refractivity contribution in [2.75, 3.05) is 12.3 Å². The van der Waals surface area contributed by atoms with Crippen LogP contribution in [0.15, 0.2) is 12.3 Å². The van der Waals surface area contributed by atoms with Gasteiger partial charge in [-0.15, -0.1) is 0 Å². The minimum atomic E-state index is -2.88. The zero-order chi connectivity index (χ0) is 12.3. The van der Waals surface area contributed by atoms with E-state index in [1.54, 1.807) is 7.05 Å². The van der Waals surface area contributed by atoms with E-state index in [2.05, 4.69) is 5.32 Å². The molecular formula is C9H13F2N3O2. The van der Waals surface area contributed by atoms with Gasteiger partial charge in [-0.25, -0.2) is 8.78 Å². The third-order valence-electron chi connectivity index (χ3n) is 2.02. The van der Waals surface area contributed by atoms with Gasteiger partial charge in [0.2, 0.25) is 0 Å². The maximum atomic E-state index is 11.9. The Kier molecular flexibility index (Phi) is 3.83. The van der Waals surface area contributed by atoms with Crippen molar-refractivity contribution >= 4 is 11.6 Å². The Bertz CT molecular complexity index is 379. The molecule has 0 aliphatic rings. The lowest BCUT2D eigenvalue weighted by Gasteiger charge is -2.10. The largest absolute Gasteiger partial charge is 0.397 e. The average Bonchev–Trinajstić information content (AvgIpc) is 2.53. The van der Waals surface area contributed by atoms with E-state index in [4.69, 9.17) is 10.8 Å². The number of aromatic nitrogens is 1. The van der Waals surface area contributed by atoms with Crippen LogP contribution in [0.2, 0.25) is 0 Å². The summed E-state index contributed by atoms with van der Waals surface area (Å²) in [5.74, 6) is -0.557. The monoisotopic (exact) mass is 233 g/mol. The fourth-order valence-corrected chi connectivity index (χ4v) is 1.19. The van der Waals surface area contributed by atoms with Gasteiger partial charge in [-0.05, 0) is 6.07 Å². The first-order valence-corrected chi connectivity index (χ1v) is 4.58. The van der Waals surface area contributed by atoms with E-state index < -0.39 is 25.0 Å². The van der Waals surface area contributed by atoms with E-state index in [1.165, 1.54) is 16.8 Å². The fraction of sp³-hybridized carbons (Fsp3) is 0.444. The Morgan fingerprint density at radius 2 is 2.31 bits per heavy atom. The summed E-state index contributed by atoms with van der Waals surface area (Å²) in [4.78, 5) is 11.5. The summed E-state index contributed by atoms with van der Waals surface area (Å²) >= 11 is 0. The lowest BCUT2D eigenvalue weighted by molar-refractivity contribution is -0.00274. The summed E-state index contributed by atoms with van der Waals surface area (Å²) < 4.78 is 25.3. The van der Waals surface area contributed by atoms with Crippen molar-refractivity contribution in [2.24, 2.45) is 7.05 Å². The van der Waals surface area contributed by atoms with Crippen molar-refractivity contribution in [3.05, 3.63) is 18.0 Å². The summed E-state index contributed by atoms with van der Waals surface area (Å²) in [6, 6.07) is 1.42. The lowest BCUT2D eigenvalue weighted by Crippen LogP contribution is -2.36. The molecule has 1 heterocycles. The van der Waals surface area contributed by atoms with Gasteiger partial charge in [0.05, 0.1) is 5.69 Å². The van der Waals surface area contributed by atoms with Gasteiger partial charge >= 0.3 is 0 Å². The van der Waals surface area contributed by atoms with Gasteiger partial charge < -0.3 is 20.7 Å². The molecule has 0 aliphatic carbocycles. The summed E-state index contributed by atoms with van der Waals surface area (Å²) in [6.07, 6.45) is -3.21. The van der Waals surface area contributed by atoms with Crippen LogP contribution in [0.5, 0.6) is 0 Å². The van der Waals surface area contributed by atoms with Crippen LogP contribution in [0.25, 0.3) is 0 Å². The van der Waals surface area contributed by atoms with E-state index in [1.807, 2.05) is 0 Å². The minimum absolute atomic E-state index is 0.249. The molecule has 5 nitrogen and oxygen atoms in total. The van der Waals surface area contributed by atoms with Gasteiger partial charge in [0.25, 0.3) is 12.3 Å². The number of anilines is 1. The van der Waals surface area contributed by atoms with Crippen molar-refractivity contribution in [1.29, 1.82) is 0 Å². The Morgan fingerprint density at radius 1 is 1.69 bits per heavy atom. The molecule has 0 aliphatic heterocycles. The van der Waals surface area contributed by atoms with Crippen LogP contribution in [0.3, 0.4) is 0 Å². The number of hydrogen-bond donors (Lipinski definition) is 3. The molecule has 0 saturated carbocycles. The number of hydrogen-bond acceptors (Lipinski definition) is 3.